The predicted octanol–water partition coefficient (Wildman–Crippen LogP) is 4.01. The summed E-state index contributed by atoms with van der Waals surface area (Å²) in [6.07, 6.45) is 3.87. The molecule has 3 aromatic rings. The average Bonchev–Trinajstić information content (AvgIpc) is 3.45. The van der Waals surface area contributed by atoms with Gasteiger partial charge in [0.1, 0.15) is 5.75 Å². The summed E-state index contributed by atoms with van der Waals surface area (Å²) in [6.45, 7) is 3.81. The van der Waals surface area contributed by atoms with Gasteiger partial charge in [-0.1, -0.05) is 18.2 Å². The second-order valence-electron chi connectivity index (χ2n) is 7.56. The Kier molecular flexibility index (Phi) is 6.14. The van der Waals surface area contributed by atoms with Gasteiger partial charge in [-0.3, -0.25) is 4.79 Å². The number of hydrogen-bond donors (Lipinski definition) is 0. The number of ether oxygens (including phenoxy) is 2. The highest BCUT2D eigenvalue weighted by Crippen LogP contribution is 2.23. The quantitative estimate of drug-likeness (QED) is 0.596. The van der Waals surface area contributed by atoms with Crippen LogP contribution in [0, 0.1) is 6.92 Å². The highest BCUT2D eigenvalue weighted by molar-refractivity contribution is 5.94. The van der Waals surface area contributed by atoms with Crippen molar-refractivity contribution in [2.75, 3.05) is 20.3 Å². The molecule has 2 aromatic carbocycles. The molecule has 0 N–H and O–H groups in total. The molecule has 1 aromatic heterocycles. The fraction of sp³-hybridized carbons (Fsp3) is 0.333. The van der Waals surface area contributed by atoms with Crippen LogP contribution < -0.4 is 4.74 Å². The molecule has 0 radical (unpaired) electrons. The maximum Gasteiger partial charge on any atom is 0.254 e. The molecular weight excluding hydrogens is 378 g/mol. The maximum atomic E-state index is 13.4. The minimum Gasteiger partial charge on any atom is -0.496 e. The number of hydrogen-bond acceptors (Lipinski definition) is 4. The fourth-order valence-corrected chi connectivity index (χ4v) is 3.86. The first-order chi connectivity index (χ1) is 14.7. The summed E-state index contributed by atoms with van der Waals surface area (Å²) in [4.78, 5) is 15.3. The van der Waals surface area contributed by atoms with Gasteiger partial charge in [0.2, 0.25) is 0 Å². The normalized spacial score (nSPS) is 15.9. The lowest BCUT2D eigenvalue weighted by Gasteiger charge is -2.26. The van der Waals surface area contributed by atoms with Crippen molar-refractivity contribution >= 4 is 5.91 Å². The van der Waals surface area contributed by atoms with Crippen molar-refractivity contribution < 1.29 is 14.3 Å². The third-order valence-corrected chi connectivity index (χ3v) is 5.48. The van der Waals surface area contributed by atoms with Crippen molar-refractivity contribution in [3.63, 3.8) is 0 Å². The number of amides is 1. The summed E-state index contributed by atoms with van der Waals surface area (Å²) in [5, 5.41) is 4.33. The molecular formula is C24H27N3O3. The Bertz CT molecular complexity index is 991. The first-order valence-electron chi connectivity index (χ1n) is 10.3. The molecule has 1 saturated heterocycles. The fourth-order valence-electron chi connectivity index (χ4n) is 3.86. The van der Waals surface area contributed by atoms with E-state index in [2.05, 4.69) is 5.10 Å². The van der Waals surface area contributed by atoms with Crippen LogP contribution in [-0.2, 0) is 11.3 Å². The Labute approximate surface area is 177 Å². The van der Waals surface area contributed by atoms with Crippen LogP contribution in [0.3, 0.4) is 0 Å². The number of rotatable bonds is 7. The number of aromatic nitrogens is 2. The zero-order valence-electron chi connectivity index (χ0n) is 17.5. The Balaban J connectivity index is 1.57. The largest absolute Gasteiger partial charge is 0.496 e. The van der Waals surface area contributed by atoms with Crippen LogP contribution >= 0.6 is 0 Å². The third-order valence-electron chi connectivity index (χ3n) is 5.48. The summed E-state index contributed by atoms with van der Waals surface area (Å²) in [6, 6.07) is 17.4. The van der Waals surface area contributed by atoms with Crippen molar-refractivity contribution in [2.45, 2.75) is 32.4 Å². The standard InChI is InChI=1S/C24H27N3O3/c1-18-13-14-25-27(18)21-11-9-19(10-12-21)24(28)26(17-22-7-5-15-30-22)16-20-6-3-4-8-23(20)29-2/h3-4,6,8-14,22H,5,7,15-17H2,1-2H3. The van der Waals surface area contributed by atoms with E-state index < -0.39 is 0 Å². The van der Waals surface area contributed by atoms with Gasteiger partial charge in [-0.25, -0.2) is 4.68 Å². The Morgan fingerprint density at radius 3 is 2.67 bits per heavy atom. The van der Waals surface area contributed by atoms with Crippen LogP contribution in [0.25, 0.3) is 5.69 Å². The minimum absolute atomic E-state index is 0.0138. The molecule has 1 aliphatic heterocycles. The zero-order chi connectivity index (χ0) is 20.9. The van der Waals surface area contributed by atoms with Crippen LogP contribution in [0.4, 0.5) is 0 Å². The van der Waals surface area contributed by atoms with E-state index in [4.69, 9.17) is 9.47 Å². The Morgan fingerprint density at radius 2 is 2.00 bits per heavy atom. The molecule has 0 spiro atoms. The summed E-state index contributed by atoms with van der Waals surface area (Å²) in [5.41, 5.74) is 3.61. The number of benzene rings is 2. The summed E-state index contributed by atoms with van der Waals surface area (Å²) in [7, 11) is 1.65. The maximum absolute atomic E-state index is 13.4. The van der Waals surface area contributed by atoms with Crippen LogP contribution in [0.15, 0.2) is 60.8 Å². The second-order valence-corrected chi connectivity index (χ2v) is 7.56. The molecule has 0 saturated carbocycles. The van der Waals surface area contributed by atoms with Crippen LogP contribution in [0.1, 0.15) is 34.5 Å². The average molecular weight is 405 g/mol. The van der Waals surface area contributed by atoms with Gasteiger partial charge < -0.3 is 14.4 Å². The molecule has 6 nitrogen and oxygen atoms in total. The highest BCUT2D eigenvalue weighted by Gasteiger charge is 2.24. The molecule has 1 amide bonds. The van der Waals surface area contributed by atoms with Gasteiger partial charge in [0, 0.05) is 42.7 Å². The van der Waals surface area contributed by atoms with Gasteiger partial charge in [-0.2, -0.15) is 5.10 Å². The van der Waals surface area contributed by atoms with Gasteiger partial charge in [0.05, 0.1) is 18.9 Å². The number of carbonyl (C=O) groups excluding carboxylic acids is 1. The van der Waals surface area contributed by atoms with E-state index in [0.717, 1.165) is 42.1 Å². The third kappa shape index (κ3) is 4.39. The summed E-state index contributed by atoms with van der Waals surface area (Å²) in [5.74, 6) is 0.771. The molecule has 1 fully saturated rings. The van der Waals surface area contributed by atoms with Crippen LogP contribution in [0.2, 0.25) is 0 Å². The van der Waals surface area contributed by atoms with Gasteiger partial charge in [-0.05, 0) is 56.2 Å². The molecule has 1 atom stereocenters. The van der Waals surface area contributed by atoms with E-state index in [1.165, 1.54) is 0 Å². The van der Waals surface area contributed by atoms with Crippen molar-refractivity contribution in [3.8, 4) is 11.4 Å². The molecule has 1 aliphatic rings. The predicted molar refractivity (Wildman–Crippen MR) is 115 cm³/mol. The van der Waals surface area contributed by atoms with E-state index in [1.54, 1.807) is 13.3 Å². The number of aryl methyl sites for hydroxylation is 1. The van der Waals surface area contributed by atoms with Crippen LogP contribution in [0.5, 0.6) is 5.75 Å². The first-order valence-corrected chi connectivity index (χ1v) is 10.3. The lowest BCUT2D eigenvalue weighted by molar-refractivity contribution is 0.0505. The molecule has 1 unspecified atom stereocenters. The van der Waals surface area contributed by atoms with Crippen LogP contribution in [-0.4, -0.2) is 47.0 Å². The number of nitrogens with zero attached hydrogens (tertiary/aromatic N) is 3. The molecule has 6 heteroatoms. The van der Waals surface area contributed by atoms with E-state index in [-0.39, 0.29) is 12.0 Å². The van der Waals surface area contributed by atoms with E-state index >= 15 is 0 Å². The highest BCUT2D eigenvalue weighted by atomic mass is 16.5. The van der Waals surface area contributed by atoms with Crippen molar-refractivity contribution in [1.29, 1.82) is 0 Å². The van der Waals surface area contributed by atoms with E-state index in [1.807, 2.05) is 71.1 Å². The van der Waals surface area contributed by atoms with E-state index in [9.17, 15) is 4.79 Å². The second kappa shape index (κ2) is 9.13. The molecule has 30 heavy (non-hydrogen) atoms. The Morgan fingerprint density at radius 1 is 1.20 bits per heavy atom. The van der Waals surface area contributed by atoms with Crippen molar-refractivity contribution in [2.24, 2.45) is 0 Å². The van der Waals surface area contributed by atoms with Gasteiger partial charge in [-0.15, -0.1) is 0 Å². The summed E-state index contributed by atoms with van der Waals surface area (Å²) >= 11 is 0. The molecule has 156 valence electrons. The topological polar surface area (TPSA) is 56.6 Å². The van der Waals surface area contributed by atoms with E-state index in [0.29, 0.717) is 18.7 Å². The summed E-state index contributed by atoms with van der Waals surface area (Å²) < 4.78 is 13.2. The first kappa shape index (κ1) is 20.2. The molecule has 4 rings (SSSR count). The molecule has 2 heterocycles. The molecule has 0 bridgehead atoms. The zero-order valence-corrected chi connectivity index (χ0v) is 17.5. The SMILES string of the molecule is COc1ccccc1CN(CC1CCCO1)C(=O)c1ccc(-n2nccc2C)cc1. The lowest BCUT2D eigenvalue weighted by atomic mass is 10.1. The lowest BCUT2D eigenvalue weighted by Crippen LogP contribution is -2.37. The number of carbonyl (C=O) groups is 1. The monoisotopic (exact) mass is 405 g/mol. The van der Waals surface area contributed by atoms with Gasteiger partial charge in [0.15, 0.2) is 0 Å². The number of para-hydroxylation sites is 1. The molecule has 0 aliphatic carbocycles. The minimum atomic E-state index is -0.0138. The Hall–Kier alpha value is -3.12. The van der Waals surface area contributed by atoms with Crippen molar-refractivity contribution in [3.05, 3.63) is 77.6 Å². The van der Waals surface area contributed by atoms with Gasteiger partial charge >= 0.3 is 0 Å². The van der Waals surface area contributed by atoms with Gasteiger partial charge in [0.25, 0.3) is 5.91 Å². The number of methoxy groups -OCH3 is 1. The smallest absolute Gasteiger partial charge is 0.254 e. The van der Waals surface area contributed by atoms with Crippen molar-refractivity contribution in [1.82, 2.24) is 14.7 Å².